The number of nitrogens with zero attached hydrogens (tertiary/aromatic N) is 1. The fourth-order valence-electron chi connectivity index (χ4n) is 2.32. The zero-order chi connectivity index (χ0) is 15.0. The summed E-state index contributed by atoms with van der Waals surface area (Å²) in [6, 6.07) is 8.69. The monoisotopic (exact) mass is 289 g/mol. The Labute approximate surface area is 120 Å². The van der Waals surface area contributed by atoms with E-state index in [0.717, 1.165) is 17.7 Å². The van der Waals surface area contributed by atoms with Crippen molar-refractivity contribution in [3.8, 4) is 5.75 Å². The van der Waals surface area contributed by atoms with Gasteiger partial charge in [-0.25, -0.2) is 8.78 Å². The molecule has 0 unspecified atom stereocenters. The van der Waals surface area contributed by atoms with Gasteiger partial charge in [-0.15, -0.1) is 0 Å². The molecular weight excluding hydrogens is 276 g/mol. The number of hydrogen-bond acceptors (Lipinski definition) is 2. The maximum Gasteiger partial charge on any atom is 0.258 e. The smallest absolute Gasteiger partial charge is 0.258 e. The van der Waals surface area contributed by atoms with Crippen LogP contribution in [0.2, 0.25) is 0 Å². The van der Waals surface area contributed by atoms with E-state index in [1.165, 1.54) is 11.0 Å². The van der Waals surface area contributed by atoms with Crippen molar-refractivity contribution < 1.29 is 18.3 Å². The number of aryl methyl sites for hydroxylation is 1. The molecule has 0 fully saturated rings. The largest absolute Gasteiger partial charge is 0.490 e. The standard InChI is InChI=1S/C16H13F2NO2/c1-10-2-5-15-14(8-10)19(6-7-21-15)16(20)11-3-4-12(17)13(18)9-11/h2-5,8-9H,6-7H2,1H3. The minimum absolute atomic E-state index is 0.114. The van der Waals surface area contributed by atoms with Crippen LogP contribution in [0.5, 0.6) is 5.75 Å². The molecule has 0 bridgehead atoms. The molecule has 1 amide bonds. The number of benzene rings is 2. The highest BCUT2D eigenvalue weighted by molar-refractivity contribution is 6.07. The van der Waals surface area contributed by atoms with Gasteiger partial charge in [-0.2, -0.15) is 0 Å². The Morgan fingerprint density at radius 2 is 1.95 bits per heavy atom. The molecule has 0 spiro atoms. The third-order valence-corrected chi connectivity index (χ3v) is 3.39. The third-order valence-electron chi connectivity index (χ3n) is 3.39. The topological polar surface area (TPSA) is 29.5 Å². The van der Waals surface area contributed by atoms with Crippen molar-refractivity contribution >= 4 is 11.6 Å². The predicted octanol–water partition coefficient (Wildman–Crippen LogP) is 3.31. The third kappa shape index (κ3) is 2.46. The molecule has 0 N–H and O–H groups in total. The second kappa shape index (κ2) is 5.16. The van der Waals surface area contributed by atoms with Gasteiger partial charge in [-0.3, -0.25) is 4.79 Å². The highest BCUT2D eigenvalue weighted by Crippen LogP contribution is 2.33. The lowest BCUT2D eigenvalue weighted by atomic mass is 10.1. The second-order valence-corrected chi connectivity index (χ2v) is 4.91. The molecule has 0 aliphatic carbocycles. The van der Waals surface area contributed by atoms with Crippen LogP contribution in [0, 0.1) is 18.6 Å². The number of hydrogen-bond donors (Lipinski definition) is 0. The molecule has 3 nitrogen and oxygen atoms in total. The van der Waals surface area contributed by atoms with Crippen molar-refractivity contribution in [2.24, 2.45) is 0 Å². The summed E-state index contributed by atoms with van der Waals surface area (Å²) >= 11 is 0. The summed E-state index contributed by atoms with van der Waals surface area (Å²) in [5, 5.41) is 0. The van der Waals surface area contributed by atoms with Crippen molar-refractivity contribution in [1.82, 2.24) is 0 Å². The number of carbonyl (C=O) groups is 1. The number of carbonyl (C=O) groups excluding carboxylic acids is 1. The van der Waals surface area contributed by atoms with Crippen molar-refractivity contribution in [2.75, 3.05) is 18.1 Å². The van der Waals surface area contributed by atoms with Gasteiger partial charge >= 0.3 is 0 Å². The first kappa shape index (κ1) is 13.5. The lowest BCUT2D eigenvalue weighted by Crippen LogP contribution is -2.38. The molecule has 0 saturated carbocycles. The summed E-state index contributed by atoms with van der Waals surface area (Å²) in [5.74, 6) is -1.75. The molecule has 1 aliphatic heterocycles. The Morgan fingerprint density at radius 3 is 2.71 bits per heavy atom. The average molecular weight is 289 g/mol. The molecule has 0 radical (unpaired) electrons. The van der Waals surface area contributed by atoms with E-state index in [9.17, 15) is 13.6 Å². The first-order valence-electron chi connectivity index (χ1n) is 6.56. The van der Waals surface area contributed by atoms with Crippen LogP contribution in [0.15, 0.2) is 36.4 Å². The van der Waals surface area contributed by atoms with Gasteiger partial charge in [0.15, 0.2) is 11.6 Å². The second-order valence-electron chi connectivity index (χ2n) is 4.91. The first-order valence-corrected chi connectivity index (χ1v) is 6.56. The minimum atomic E-state index is -1.03. The first-order chi connectivity index (χ1) is 10.1. The Morgan fingerprint density at radius 1 is 1.14 bits per heavy atom. The molecule has 0 atom stereocenters. The van der Waals surface area contributed by atoms with Crippen LogP contribution < -0.4 is 9.64 Å². The molecule has 2 aromatic rings. The molecule has 2 aromatic carbocycles. The summed E-state index contributed by atoms with van der Waals surface area (Å²) in [6.45, 7) is 2.65. The molecule has 1 aliphatic rings. The van der Waals surface area contributed by atoms with Gasteiger partial charge in [0.2, 0.25) is 0 Å². The van der Waals surface area contributed by atoms with E-state index >= 15 is 0 Å². The van der Waals surface area contributed by atoms with E-state index in [-0.39, 0.29) is 11.5 Å². The average Bonchev–Trinajstić information content (AvgIpc) is 2.48. The van der Waals surface area contributed by atoms with Crippen LogP contribution in [0.1, 0.15) is 15.9 Å². The van der Waals surface area contributed by atoms with Crippen LogP contribution in [0.25, 0.3) is 0 Å². The zero-order valence-corrected chi connectivity index (χ0v) is 11.4. The molecule has 0 saturated heterocycles. The van der Waals surface area contributed by atoms with Gasteiger partial charge in [0.1, 0.15) is 12.4 Å². The fraction of sp³-hybridized carbons (Fsp3) is 0.188. The van der Waals surface area contributed by atoms with Gasteiger partial charge in [0.25, 0.3) is 5.91 Å². The summed E-state index contributed by atoms with van der Waals surface area (Å²) in [7, 11) is 0. The van der Waals surface area contributed by atoms with Crippen LogP contribution in [-0.2, 0) is 0 Å². The Bertz CT molecular complexity index is 715. The Kier molecular flexibility index (Phi) is 3.33. The summed E-state index contributed by atoms with van der Waals surface area (Å²) < 4.78 is 31.8. The van der Waals surface area contributed by atoms with Crippen LogP contribution in [-0.4, -0.2) is 19.1 Å². The molecule has 21 heavy (non-hydrogen) atoms. The molecule has 108 valence electrons. The van der Waals surface area contributed by atoms with Crippen LogP contribution in [0.4, 0.5) is 14.5 Å². The summed E-state index contributed by atoms with van der Waals surface area (Å²) in [6.07, 6.45) is 0. The van der Waals surface area contributed by atoms with E-state index < -0.39 is 11.6 Å². The molecular formula is C16H13F2NO2. The highest BCUT2D eigenvalue weighted by Gasteiger charge is 2.25. The molecule has 1 heterocycles. The van der Waals surface area contributed by atoms with Crippen molar-refractivity contribution in [1.29, 1.82) is 0 Å². The van der Waals surface area contributed by atoms with E-state index in [1.54, 1.807) is 6.07 Å². The number of anilines is 1. The van der Waals surface area contributed by atoms with Crippen LogP contribution in [0.3, 0.4) is 0 Å². The summed E-state index contributed by atoms with van der Waals surface area (Å²) in [4.78, 5) is 14.0. The quantitative estimate of drug-likeness (QED) is 0.806. The number of ether oxygens (including phenoxy) is 1. The Balaban J connectivity index is 1.99. The van der Waals surface area contributed by atoms with E-state index in [4.69, 9.17) is 4.74 Å². The number of halogens is 2. The minimum Gasteiger partial charge on any atom is -0.490 e. The fourth-order valence-corrected chi connectivity index (χ4v) is 2.32. The van der Waals surface area contributed by atoms with Crippen LogP contribution >= 0.6 is 0 Å². The van der Waals surface area contributed by atoms with E-state index in [0.29, 0.717) is 24.6 Å². The lowest BCUT2D eigenvalue weighted by Gasteiger charge is -2.30. The van der Waals surface area contributed by atoms with Crippen molar-refractivity contribution in [2.45, 2.75) is 6.92 Å². The maximum absolute atomic E-state index is 13.3. The maximum atomic E-state index is 13.3. The SMILES string of the molecule is Cc1ccc2c(c1)N(C(=O)c1ccc(F)c(F)c1)CCO2. The normalized spacial score (nSPS) is 13.6. The van der Waals surface area contributed by atoms with Crippen molar-refractivity contribution in [3.63, 3.8) is 0 Å². The van der Waals surface area contributed by atoms with Gasteiger partial charge in [-0.1, -0.05) is 6.07 Å². The van der Waals surface area contributed by atoms with Gasteiger partial charge in [-0.05, 0) is 42.8 Å². The predicted molar refractivity (Wildman–Crippen MR) is 74.7 cm³/mol. The molecule has 5 heteroatoms. The Hall–Kier alpha value is -2.43. The lowest BCUT2D eigenvalue weighted by molar-refractivity contribution is 0.0976. The number of amides is 1. The van der Waals surface area contributed by atoms with Gasteiger partial charge in [0.05, 0.1) is 12.2 Å². The zero-order valence-electron chi connectivity index (χ0n) is 11.4. The van der Waals surface area contributed by atoms with E-state index in [1.807, 2.05) is 19.1 Å². The van der Waals surface area contributed by atoms with E-state index in [2.05, 4.69) is 0 Å². The van der Waals surface area contributed by atoms with Gasteiger partial charge < -0.3 is 9.64 Å². The molecule has 3 rings (SSSR count). The van der Waals surface area contributed by atoms with Crippen molar-refractivity contribution in [3.05, 3.63) is 59.2 Å². The number of rotatable bonds is 1. The highest BCUT2D eigenvalue weighted by atomic mass is 19.2. The van der Waals surface area contributed by atoms with Gasteiger partial charge in [0, 0.05) is 5.56 Å². The molecule has 0 aromatic heterocycles. The number of fused-ring (bicyclic) bond motifs is 1. The summed E-state index contributed by atoms with van der Waals surface area (Å²) in [5.41, 5.74) is 1.75.